The number of para-hydroxylation sites is 4. The van der Waals surface area contributed by atoms with Gasteiger partial charge in [0, 0.05) is 70.0 Å². The van der Waals surface area contributed by atoms with Gasteiger partial charge in [-0.05, 0) is 38.1 Å². The molecule has 2 unspecified atom stereocenters. The molecule has 322 valence electrons. The monoisotopic (exact) mass is 842 g/mol. The zero-order valence-corrected chi connectivity index (χ0v) is 35.7. The van der Waals surface area contributed by atoms with Crippen LogP contribution in [0.5, 0.6) is 23.0 Å². The maximum atomic E-state index is 14.8. The number of aliphatic hydroxyl groups is 1. The number of Topliss-reactive ketones (excluding diaryl/α,β-unsaturated/α-hetero) is 1. The standard InChI is InChI=1S/C46H50N8O8/c1-45(16-18-57-4)39(55)37(42-49-33-12-8-9-13-34(33)50-42)41(47)53(45)27-20-31(60-7)25-32(23-27)62-26-61-19-17-46(2)40(56)38(43-51-35-14-10-11-15-36(35)52-43)44(48-3)54(46)28-21-29(58-5)24-30(22-28)59-6/h8-15,20-25,47-48,55H,16-19,26H2,1-7H3,(H,49,50)(H,51,52). The first-order chi connectivity index (χ1) is 30.0. The summed E-state index contributed by atoms with van der Waals surface area (Å²) in [5.41, 5.74) is 2.72. The number of nitrogens with one attached hydrogen (secondary N) is 4. The Morgan fingerprint density at radius 1 is 0.710 bits per heavy atom. The maximum Gasteiger partial charge on any atom is 0.195 e. The van der Waals surface area contributed by atoms with Gasteiger partial charge in [-0.25, -0.2) is 9.97 Å². The summed E-state index contributed by atoms with van der Waals surface area (Å²) < 4.78 is 34.7. The fraction of sp³-hybridized carbons (Fsp3) is 0.304. The smallest absolute Gasteiger partial charge is 0.195 e. The quantitative estimate of drug-likeness (QED) is 0.0458. The summed E-state index contributed by atoms with van der Waals surface area (Å²) >= 11 is 0. The molecule has 0 bridgehead atoms. The number of nitrogens with zero attached hydrogens (tertiary/aromatic N) is 4. The SMILES string of the molecule is CNC1=C(c2nc3ccccc3[nH]2)C(=O)C(C)(CCOCOc2cc(OC)cc(N3C(=N)C(c4nc5ccccc5[nH]4)=C(O)C3(C)CCOC)c2)N1c1cc(OC)cc(OC)c1. The van der Waals surface area contributed by atoms with Crippen LogP contribution >= 0.6 is 0 Å². The minimum absolute atomic E-state index is 0.0111. The van der Waals surface area contributed by atoms with E-state index in [2.05, 4.69) is 15.3 Å². The Morgan fingerprint density at radius 2 is 1.23 bits per heavy atom. The number of aromatic amines is 2. The van der Waals surface area contributed by atoms with E-state index >= 15 is 0 Å². The molecule has 0 saturated heterocycles. The molecule has 62 heavy (non-hydrogen) atoms. The summed E-state index contributed by atoms with van der Waals surface area (Å²) in [5, 5.41) is 24.6. The lowest BCUT2D eigenvalue weighted by atomic mass is 9.90. The molecule has 2 aromatic heterocycles. The number of methoxy groups -OCH3 is 4. The normalized spacial score (nSPS) is 19.1. The van der Waals surface area contributed by atoms with Crippen molar-refractivity contribution in [1.82, 2.24) is 25.3 Å². The van der Waals surface area contributed by atoms with Crippen LogP contribution in [-0.4, -0.2) is 103 Å². The first-order valence-corrected chi connectivity index (χ1v) is 20.1. The third-order valence-corrected chi connectivity index (χ3v) is 11.6. The van der Waals surface area contributed by atoms with Crippen molar-refractivity contribution in [2.75, 3.05) is 65.3 Å². The third-order valence-electron chi connectivity index (χ3n) is 11.6. The second-order valence-corrected chi connectivity index (χ2v) is 15.4. The molecule has 2 aliphatic heterocycles. The highest BCUT2D eigenvalue weighted by molar-refractivity contribution is 6.32. The van der Waals surface area contributed by atoms with Gasteiger partial charge in [-0.2, -0.15) is 0 Å². The van der Waals surface area contributed by atoms with Gasteiger partial charge >= 0.3 is 0 Å². The molecule has 0 saturated carbocycles. The number of hydrogen-bond acceptors (Lipinski definition) is 13. The van der Waals surface area contributed by atoms with Crippen LogP contribution in [0.1, 0.15) is 38.3 Å². The molecule has 0 aliphatic carbocycles. The summed E-state index contributed by atoms with van der Waals surface area (Å²) in [6, 6.07) is 25.9. The molecule has 4 aromatic carbocycles. The minimum Gasteiger partial charge on any atom is -0.509 e. The molecule has 16 nitrogen and oxygen atoms in total. The molecule has 0 radical (unpaired) electrons. The Balaban J connectivity index is 1.04. The molecule has 16 heteroatoms. The van der Waals surface area contributed by atoms with E-state index in [9.17, 15) is 15.3 Å². The molecule has 8 rings (SSSR count). The third kappa shape index (κ3) is 7.20. The molecule has 5 N–H and O–H groups in total. The highest BCUT2D eigenvalue weighted by Gasteiger charge is 2.52. The molecule has 6 aromatic rings. The van der Waals surface area contributed by atoms with Gasteiger partial charge in [-0.1, -0.05) is 24.3 Å². The Hall–Kier alpha value is -7.04. The Kier molecular flexibility index (Phi) is 11.3. The van der Waals surface area contributed by atoms with Gasteiger partial charge < -0.3 is 58.6 Å². The number of anilines is 2. The number of amidine groups is 1. The van der Waals surface area contributed by atoms with Crippen molar-refractivity contribution < 1.29 is 38.3 Å². The first kappa shape index (κ1) is 41.7. The van der Waals surface area contributed by atoms with Crippen LogP contribution in [0.25, 0.3) is 33.2 Å². The summed E-state index contributed by atoms with van der Waals surface area (Å²) in [4.78, 5) is 34.6. The number of carbonyl (C=O) groups excluding carboxylic acids is 1. The number of aliphatic hydroxyl groups excluding tert-OH is 1. The van der Waals surface area contributed by atoms with Crippen LogP contribution in [0.3, 0.4) is 0 Å². The second-order valence-electron chi connectivity index (χ2n) is 15.4. The van der Waals surface area contributed by atoms with Gasteiger partial charge in [0.25, 0.3) is 0 Å². The summed E-state index contributed by atoms with van der Waals surface area (Å²) in [5.74, 6) is 3.24. The van der Waals surface area contributed by atoms with E-state index < -0.39 is 11.1 Å². The number of ether oxygens (including phenoxy) is 6. The topological polar surface area (TPSA) is 192 Å². The highest BCUT2D eigenvalue weighted by atomic mass is 16.7. The van der Waals surface area contributed by atoms with Crippen molar-refractivity contribution in [3.8, 4) is 23.0 Å². The number of hydrogen-bond donors (Lipinski definition) is 5. The Labute approximate surface area is 358 Å². The fourth-order valence-corrected chi connectivity index (χ4v) is 8.34. The van der Waals surface area contributed by atoms with Gasteiger partial charge in [-0.3, -0.25) is 10.2 Å². The summed E-state index contributed by atoms with van der Waals surface area (Å²) in [6.07, 6.45) is 0.614. The van der Waals surface area contributed by atoms with Crippen molar-refractivity contribution in [3.05, 3.63) is 108 Å². The van der Waals surface area contributed by atoms with Crippen molar-refractivity contribution >= 4 is 56.2 Å². The minimum atomic E-state index is -1.15. The lowest BCUT2D eigenvalue weighted by molar-refractivity contribution is -0.118. The van der Waals surface area contributed by atoms with E-state index in [1.807, 2.05) is 79.4 Å². The number of carbonyl (C=O) groups is 1. The zero-order valence-electron chi connectivity index (χ0n) is 35.7. The van der Waals surface area contributed by atoms with Crippen molar-refractivity contribution in [2.24, 2.45) is 0 Å². The van der Waals surface area contributed by atoms with E-state index in [1.165, 1.54) is 0 Å². The van der Waals surface area contributed by atoms with Crippen LogP contribution in [-0.2, 0) is 14.3 Å². The number of ketones is 1. The largest absolute Gasteiger partial charge is 0.509 e. The van der Waals surface area contributed by atoms with Gasteiger partial charge in [-0.15, -0.1) is 0 Å². The van der Waals surface area contributed by atoms with Gasteiger partial charge in [0.1, 0.15) is 68.7 Å². The van der Waals surface area contributed by atoms with Crippen molar-refractivity contribution in [1.29, 1.82) is 5.41 Å². The highest BCUT2D eigenvalue weighted by Crippen LogP contribution is 2.47. The van der Waals surface area contributed by atoms with E-state index in [0.717, 1.165) is 22.1 Å². The number of rotatable bonds is 17. The average Bonchev–Trinajstić information content (AvgIpc) is 4.01. The van der Waals surface area contributed by atoms with Gasteiger partial charge in [0.05, 0.1) is 67.0 Å². The van der Waals surface area contributed by atoms with E-state index in [0.29, 0.717) is 70.4 Å². The number of H-pyrrole nitrogens is 2. The average molecular weight is 843 g/mol. The molecular formula is C46H50N8O8. The van der Waals surface area contributed by atoms with Crippen LogP contribution in [0.15, 0.2) is 96.5 Å². The molecule has 0 spiro atoms. The second kappa shape index (κ2) is 16.8. The van der Waals surface area contributed by atoms with E-state index in [1.54, 1.807) is 64.7 Å². The van der Waals surface area contributed by atoms with E-state index in [-0.39, 0.29) is 42.8 Å². The van der Waals surface area contributed by atoms with Crippen LogP contribution in [0, 0.1) is 5.41 Å². The van der Waals surface area contributed by atoms with Crippen LogP contribution < -0.4 is 34.1 Å². The van der Waals surface area contributed by atoms with Crippen LogP contribution in [0.4, 0.5) is 11.4 Å². The number of fused-ring (bicyclic) bond motifs is 2. The number of benzene rings is 4. The van der Waals surface area contributed by atoms with Gasteiger partial charge in [0.2, 0.25) is 0 Å². The zero-order chi connectivity index (χ0) is 43.8. The summed E-state index contributed by atoms with van der Waals surface area (Å²) in [7, 11) is 8.07. The van der Waals surface area contributed by atoms with Crippen molar-refractivity contribution in [3.63, 3.8) is 0 Å². The molecule has 2 atom stereocenters. The summed E-state index contributed by atoms with van der Waals surface area (Å²) in [6.45, 7) is 4.01. The fourth-order valence-electron chi connectivity index (χ4n) is 8.34. The molecule has 0 amide bonds. The predicted octanol–water partition coefficient (Wildman–Crippen LogP) is 7.21. The van der Waals surface area contributed by atoms with E-state index in [4.69, 9.17) is 38.4 Å². The lowest BCUT2D eigenvalue weighted by Crippen LogP contribution is -2.49. The predicted molar refractivity (Wildman–Crippen MR) is 237 cm³/mol. The number of aromatic nitrogens is 4. The first-order valence-electron chi connectivity index (χ1n) is 20.1. The van der Waals surface area contributed by atoms with Crippen LogP contribution in [0.2, 0.25) is 0 Å². The molecule has 0 fully saturated rings. The molecular weight excluding hydrogens is 793 g/mol. The Morgan fingerprint density at radius 3 is 1.77 bits per heavy atom. The number of imidazole rings is 2. The lowest BCUT2D eigenvalue weighted by Gasteiger charge is -2.37. The van der Waals surface area contributed by atoms with Gasteiger partial charge in [0.15, 0.2) is 12.6 Å². The molecule has 2 aliphatic rings. The maximum absolute atomic E-state index is 14.8. The Bertz CT molecular complexity index is 2650. The van der Waals surface area contributed by atoms with Crippen molar-refractivity contribution in [2.45, 2.75) is 37.8 Å². The molecule has 4 heterocycles.